The second-order valence-corrected chi connectivity index (χ2v) is 17.7. The molecular weight excluding hydrogens is 959 g/mol. The van der Waals surface area contributed by atoms with Gasteiger partial charge in [-0.25, -0.2) is 9.78 Å². The van der Waals surface area contributed by atoms with E-state index in [4.69, 9.17) is 22.9 Å². The summed E-state index contributed by atoms with van der Waals surface area (Å²) in [7, 11) is 0. The molecule has 0 saturated carbocycles. The first kappa shape index (κ1) is 59.6. The third-order valence-corrected chi connectivity index (χ3v) is 11.5. The highest BCUT2D eigenvalue weighted by atomic mass is 16.4. The maximum absolute atomic E-state index is 14.3. The first-order chi connectivity index (χ1) is 34.5. The first-order valence-corrected chi connectivity index (χ1v) is 23.5. The summed E-state index contributed by atoms with van der Waals surface area (Å²) < 4.78 is 0. The van der Waals surface area contributed by atoms with Gasteiger partial charge in [-0.1, -0.05) is 44.2 Å². The normalized spacial score (nSPS) is 16.4. The van der Waals surface area contributed by atoms with Crippen LogP contribution in [-0.2, 0) is 60.8 Å². The van der Waals surface area contributed by atoms with Crippen molar-refractivity contribution in [2.75, 3.05) is 26.2 Å². The molecule has 9 atom stereocenters. The Labute approximate surface area is 420 Å². The van der Waals surface area contributed by atoms with Crippen LogP contribution in [0.4, 0.5) is 0 Å². The minimum absolute atomic E-state index is 0.0552. The fourth-order valence-corrected chi connectivity index (χ4v) is 7.55. The van der Waals surface area contributed by atoms with Crippen LogP contribution in [0, 0.1) is 5.92 Å². The van der Waals surface area contributed by atoms with Crippen molar-refractivity contribution in [2.24, 2.45) is 33.8 Å². The molecule has 0 unspecified atom stereocenters. The zero-order chi connectivity index (χ0) is 54.4. The predicted molar refractivity (Wildman–Crippen MR) is 259 cm³/mol. The summed E-state index contributed by atoms with van der Waals surface area (Å²) in [6, 6.07) is -2.24. The zero-order valence-corrected chi connectivity index (χ0v) is 40.9. The molecule has 9 amide bonds. The van der Waals surface area contributed by atoms with Gasteiger partial charge in [0.15, 0.2) is 12.0 Å². The van der Waals surface area contributed by atoms with E-state index in [0.29, 0.717) is 12.1 Å². The molecule has 1 aromatic carbocycles. The van der Waals surface area contributed by atoms with Crippen LogP contribution < -0.4 is 60.2 Å². The number of nitrogens with zero attached hydrogens (tertiary/aromatic N) is 3. The van der Waals surface area contributed by atoms with E-state index in [1.807, 2.05) is 0 Å². The molecule has 73 heavy (non-hydrogen) atoms. The quantitative estimate of drug-likeness (QED) is 0.0197. The Morgan fingerprint density at radius 3 is 2.01 bits per heavy atom. The molecule has 1 saturated heterocycles. The van der Waals surface area contributed by atoms with Gasteiger partial charge in [-0.15, -0.1) is 0 Å². The number of carbonyl (C=O) groups excluding carboxylic acids is 9. The van der Waals surface area contributed by atoms with E-state index in [9.17, 15) is 63.3 Å². The van der Waals surface area contributed by atoms with Gasteiger partial charge in [-0.3, -0.25) is 48.1 Å². The number of carboxylic acid groups (broad SMARTS) is 1. The summed E-state index contributed by atoms with van der Waals surface area (Å²) >= 11 is 0. The number of aliphatic hydroxyl groups excluding tert-OH is 2. The fraction of sp³-hybridized carbons (Fsp3) is 0.556. The van der Waals surface area contributed by atoms with E-state index in [0.717, 1.165) is 12.5 Å². The Morgan fingerprint density at radius 2 is 1.42 bits per heavy atom. The number of likely N-dealkylation sites (tertiary alicyclic amines) is 1. The Morgan fingerprint density at radius 1 is 0.795 bits per heavy atom. The molecule has 2 aromatic rings. The number of nitrogens with one attached hydrogen (secondary N) is 8. The van der Waals surface area contributed by atoms with Crippen molar-refractivity contribution in [3.8, 4) is 0 Å². The van der Waals surface area contributed by atoms with Crippen LogP contribution in [0.15, 0.2) is 47.8 Å². The molecule has 1 aliphatic heterocycles. The lowest BCUT2D eigenvalue weighted by Gasteiger charge is -2.32. The van der Waals surface area contributed by atoms with Crippen molar-refractivity contribution < 1.29 is 63.3 Å². The van der Waals surface area contributed by atoms with E-state index in [1.165, 1.54) is 17.4 Å². The Bertz CT molecular complexity index is 2240. The number of aromatic amines is 1. The summed E-state index contributed by atoms with van der Waals surface area (Å²) in [5.41, 5.74) is 23.2. The molecule has 19 N–H and O–H groups in total. The molecular formula is C45H69N15O13. The van der Waals surface area contributed by atoms with E-state index in [2.05, 4.69) is 52.2 Å². The smallest absolute Gasteiger partial charge is 0.328 e. The number of hydrogen-bond acceptors (Lipinski definition) is 15. The van der Waals surface area contributed by atoms with Crippen LogP contribution in [0.1, 0.15) is 70.6 Å². The van der Waals surface area contributed by atoms with E-state index < -0.39 is 133 Å². The van der Waals surface area contributed by atoms with Crippen LogP contribution in [0.3, 0.4) is 0 Å². The molecule has 0 bridgehead atoms. The van der Waals surface area contributed by atoms with Gasteiger partial charge in [-0.2, -0.15) is 0 Å². The highest BCUT2D eigenvalue weighted by molar-refractivity contribution is 5.98. The summed E-state index contributed by atoms with van der Waals surface area (Å²) in [6.45, 7) is 2.78. The average molecular weight is 1030 g/mol. The van der Waals surface area contributed by atoms with Crippen molar-refractivity contribution in [3.05, 3.63) is 54.1 Å². The summed E-state index contributed by atoms with van der Waals surface area (Å²) in [6.07, 6.45) is 1.13. The standard InChI is InChI=1S/C45H69N15O13/c1-23(2)35(43(71)60-16-8-12-32(60)42(70)56-28(11-7-15-51-45(48)49)39(67)59-36(24(3)62)44(72)73)58-40(68)30(18-26-19-50-22-53-26)57-41(69)31(21-61)54-34(64)20-52-38(66)29(13-14-33(47)63)55-37(65)27(46)17-25-9-5-4-6-10-25/h4-6,9-10,19,22-24,27-32,35-36,61-62H,7-8,11-18,20-21,46H2,1-3H3,(H2,47,63)(H,50,53)(H,52,66)(H,54,64)(H,55,65)(H,56,70)(H,57,69)(H,58,68)(H,59,67)(H,72,73)(H4,48,49,51)/t24-,27+,28+,29+,30+,31+,32+,35+,36+/m1/s1. The topological polar surface area (TPSA) is 464 Å². The van der Waals surface area contributed by atoms with Crippen LogP contribution in [-0.4, -0.2) is 176 Å². The Kier molecular flexibility index (Phi) is 24.1. The lowest BCUT2D eigenvalue weighted by molar-refractivity contribution is -0.146. The number of rotatable bonds is 30. The summed E-state index contributed by atoms with van der Waals surface area (Å²) in [5, 5.41) is 46.6. The molecule has 3 rings (SSSR count). The SMILES string of the molecule is CC(C)[C@H](NC(=O)[C@H](Cc1cnc[nH]1)NC(=O)[C@H](CO)NC(=O)CNC(=O)[C@H](CCC(N)=O)NC(=O)[C@@H](N)Cc1ccccc1)C(=O)N1CCC[C@H]1C(=O)N[C@@H](CCCN=C(N)N)C(=O)N[C@H](C(=O)O)[C@@H](C)O. The number of guanidine groups is 1. The number of aliphatic hydroxyl groups is 2. The van der Waals surface area contributed by atoms with Gasteiger partial charge in [0.1, 0.15) is 36.3 Å². The number of hydrogen-bond donors (Lipinski definition) is 15. The van der Waals surface area contributed by atoms with E-state index in [1.54, 1.807) is 44.2 Å². The molecule has 28 heteroatoms. The lowest BCUT2D eigenvalue weighted by atomic mass is 10.0. The van der Waals surface area contributed by atoms with Crippen molar-refractivity contribution in [1.82, 2.24) is 52.1 Å². The second-order valence-electron chi connectivity index (χ2n) is 17.7. The average Bonchev–Trinajstić information content (AvgIpc) is 4.05. The zero-order valence-electron chi connectivity index (χ0n) is 40.9. The molecule has 1 fully saturated rings. The second kappa shape index (κ2) is 29.6. The number of aliphatic carboxylic acids is 1. The van der Waals surface area contributed by atoms with Crippen molar-refractivity contribution in [3.63, 3.8) is 0 Å². The molecule has 0 spiro atoms. The summed E-state index contributed by atoms with van der Waals surface area (Å²) in [4.78, 5) is 143. The number of aliphatic imine (C=N–C) groups is 1. The van der Waals surface area contributed by atoms with Crippen LogP contribution in [0.2, 0.25) is 0 Å². The van der Waals surface area contributed by atoms with Crippen molar-refractivity contribution in [1.29, 1.82) is 0 Å². The number of benzene rings is 1. The maximum Gasteiger partial charge on any atom is 0.328 e. The number of primary amides is 1. The largest absolute Gasteiger partial charge is 0.480 e. The molecule has 28 nitrogen and oxygen atoms in total. The summed E-state index contributed by atoms with van der Waals surface area (Å²) in [5.74, 6) is -10.0. The highest BCUT2D eigenvalue weighted by Gasteiger charge is 2.41. The number of aromatic nitrogens is 2. The van der Waals surface area contributed by atoms with Crippen LogP contribution in [0.25, 0.3) is 0 Å². The number of amides is 9. The van der Waals surface area contributed by atoms with Gasteiger partial charge in [0.2, 0.25) is 53.2 Å². The first-order valence-electron chi connectivity index (χ1n) is 23.5. The van der Waals surface area contributed by atoms with Crippen LogP contribution >= 0.6 is 0 Å². The third kappa shape index (κ3) is 19.8. The molecule has 0 radical (unpaired) electrons. The van der Waals surface area contributed by atoms with Gasteiger partial charge >= 0.3 is 5.97 Å². The minimum atomic E-state index is -1.71. The number of carbonyl (C=O) groups is 10. The number of imidazole rings is 1. The maximum atomic E-state index is 14.3. The van der Waals surface area contributed by atoms with Crippen molar-refractivity contribution in [2.45, 2.75) is 127 Å². The van der Waals surface area contributed by atoms with Crippen molar-refractivity contribution >= 4 is 65.1 Å². The van der Waals surface area contributed by atoms with Gasteiger partial charge < -0.3 is 85.4 Å². The van der Waals surface area contributed by atoms with E-state index >= 15 is 0 Å². The van der Waals surface area contributed by atoms with Gasteiger partial charge in [-0.05, 0) is 56.9 Å². The Hall–Kier alpha value is -7.72. The molecule has 402 valence electrons. The number of nitrogens with two attached hydrogens (primary N) is 4. The lowest BCUT2D eigenvalue weighted by Crippen LogP contribution is -2.61. The third-order valence-electron chi connectivity index (χ3n) is 11.5. The van der Waals surface area contributed by atoms with E-state index in [-0.39, 0.29) is 64.0 Å². The highest BCUT2D eigenvalue weighted by Crippen LogP contribution is 2.21. The Balaban J connectivity index is 1.72. The number of carboxylic acids is 1. The predicted octanol–water partition coefficient (Wildman–Crippen LogP) is -6.03. The molecule has 0 aliphatic carbocycles. The fourth-order valence-electron chi connectivity index (χ4n) is 7.55. The monoisotopic (exact) mass is 1030 g/mol. The van der Waals surface area contributed by atoms with Gasteiger partial charge in [0.05, 0.1) is 31.6 Å². The molecule has 2 heterocycles. The number of H-pyrrole nitrogens is 1. The van der Waals surface area contributed by atoms with Crippen LogP contribution in [0.5, 0.6) is 0 Å². The van der Waals surface area contributed by atoms with Gasteiger partial charge in [0.25, 0.3) is 0 Å². The molecule has 1 aliphatic rings. The van der Waals surface area contributed by atoms with Gasteiger partial charge in [0, 0.05) is 37.8 Å². The molecule has 1 aromatic heterocycles. The minimum Gasteiger partial charge on any atom is -0.480 e.